The van der Waals surface area contributed by atoms with E-state index in [2.05, 4.69) is 25.9 Å². The van der Waals surface area contributed by atoms with Crippen LogP contribution in [0.5, 0.6) is 0 Å². The van der Waals surface area contributed by atoms with Gasteiger partial charge in [0.25, 0.3) is 4.84 Å². The van der Waals surface area contributed by atoms with Crippen molar-refractivity contribution in [1.82, 2.24) is 14.7 Å². The highest BCUT2D eigenvalue weighted by Gasteiger charge is 2.26. The van der Waals surface area contributed by atoms with Crippen molar-refractivity contribution in [1.29, 1.82) is 0 Å². The minimum Gasteiger partial charge on any atom is -0.469 e. The van der Waals surface area contributed by atoms with Gasteiger partial charge in [-0.2, -0.15) is 0 Å². The maximum atomic E-state index is 11.6. The summed E-state index contributed by atoms with van der Waals surface area (Å²) in [5.41, 5.74) is 0.882. The van der Waals surface area contributed by atoms with Gasteiger partial charge in [0.15, 0.2) is 0 Å². The quantitative estimate of drug-likeness (QED) is 0.566. The van der Waals surface area contributed by atoms with Crippen LogP contribution in [0.2, 0.25) is 0 Å². The molecule has 0 amide bonds. The van der Waals surface area contributed by atoms with E-state index in [0.717, 1.165) is 36.0 Å². The number of methoxy groups -OCH3 is 1. The molecule has 6 nitrogen and oxygen atoms in total. The average molecular weight is 412 g/mol. The zero-order chi connectivity index (χ0) is 17.1. The summed E-state index contributed by atoms with van der Waals surface area (Å²) in [7, 11) is 1.44. The van der Waals surface area contributed by atoms with Crippen LogP contribution in [0.3, 0.4) is 0 Å². The lowest BCUT2D eigenvalue weighted by Crippen LogP contribution is -2.38. The van der Waals surface area contributed by atoms with E-state index in [1.54, 1.807) is 4.68 Å². The molecule has 0 atom stereocenters. The van der Waals surface area contributed by atoms with Crippen LogP contribution in [0.15, 0.2) is 33.2 Å². The molecule has 128 valence electrons. The molecule has 2 heterocycles. The van der Waals surface area contributed by atoms with Crippen molar-refractivity contribution in [3.63, 3.8) is 0 Å². The number of rotatable bonds is 4. The molecule has 1 aromatic heterocycles. The average Bonchev–Trinajstić information content (AvgIpc) is 2.96. The maximum Gasteiger partial charge on any atom is 0.308 e. The zero-order valence-electron chi connectivity index (χ0n) is 13.3. The van der Waals surface area contributed by atoms with Crippen LogP contribution in [0.1, 0.15) is 12.8 Å². The van der Waals surface area contributed by atoms with Gasteiger partial charge in [-0.25, -0.2) is 4.68 Å². The third-order valence-electron chi connectivity index (χ3n) is 4.15. The third-order valence-corrected chi connectivity index (χ3v) is 4.98. The molecule has 0 radical (unpaired) electrons. The standard InChI is InChI=1S/C16H18BrN3O3S/c1-22-15(21)12-6-8-19(9-7-12)10-20-16(24)23-14(18-20)11-2-4-13(17)5-3-11/h2-5,12H,6-10H2,1H3. The Hall–Kier alpha value is -1.51. The van der Waals surface area contributed by atoms with E-state index in [9.17, 15) is 4.79 Å². The van der Waals surface area contributed by atoms with E-state index in [-0.39, 0.29) is 11.9 Å². The van der Waals surface area contributed by atoms with Crippen LogP contribution in [0.4, 0.5) is 0 Å². The first-order chi connectivity index (χ1) is 11.6. The highest BCUT2D eigenvalue weighted by atomic mass is 79.9. The molecule has 0 unspecified atom stereocenters. The SMILES string of the molecule is COC(=O)C1CCN(Cn2nc(-c3ccc(Br)cc3)oc2=S)CC1. The van der Waals surface area contributed by atoms with Gasteiger partial charge in [0.2, 0.25) is 5.89 Å². The maximum absolute atomic E-state index is 11.6. The Bertz CT molecular complexity index is 764. The van der Waals surface area contributed by atoms with Gasteiger partial charge in [-0.05, 0) is 49.3 Å². The molecule has 0 bridgehead atoms. The first-order valence-corrected chi connectivity index (χ1v) is 8.91. The number of nitrogens with zero attached hydrogens (tertiary/aromatic N) is 3. The molecule has 0 aliphatic carbocycles. The highest BCUT2D eigenvalue weighted by molar-refractivity contribution is 9.10. The number of benzene rings is 1. The van der Waals surface area contributed by atoms with Gasteiger partial charge in [-0.3, -0.25) is 9.69 Å². The van der Waals surface area contributed by atoms with Crippen LogP contribution < -0.4 is 0 Å². The second-order valence-electron chi connectivity index (χ2n) is 5.74. The van der Waals surface area contributed by atoms with Crippen molar-refractivity contribution in [2.45, 2.75) is 19.5 Å². The number of likely N-dealkylation sites (tertiary alicyclic amines) is 1. The second-order valence-corrected chi connectivity index (χ2v) is 7.00. The Morgan fingerprint density at radius 1 is 1.38 bits per heavy atom. The van der Waals surface area contributed by atoms with Crippen LogP contribution >= 0.6 is 28.1 Å². The fourth-order valence-corrected chi connectivity index (χ4v) is 3.21. The predicted molar refractivity (Wildman–Crippen MR) is 94.8 cm³/mol. The summed E-state index contributed by atoms with van der Waals surface area (Å²) in [6.07, 6.45) is 1.58. The number of piperidine rings is 1. The fraction of sp³-hybridized carbons (Fsp3) is 0.438. The smallest absolute Gasteiger partial charge is 0.308 e. The Balaban J connectivity index is 1.65. The highest BCUT2D eigenvalue weighted by Crippen LogP contribution is 2.22. The van der Waals surface area contributed by atoms with Crippen molar-refractivity contribution >= 4 is 34.1 Å². The molecule has 1 saturated heterocycles. The van der Waals surface area contributed by atoms with Crippen molar-refractivity contribution < 1.29 is 13.9 Å². The number of ether oxygens (including phenoxy) is 1. The second kappa shape index (κ2) is 7.58. The van der Waals surface area contributed by atoms with E-state index in [1.165, 1.54) is 7.11 Å². The summed E-state index contributed by atoms with van der Waals surface area (Å²) in [4.78, 5) is 14.1. The normalized spacial score (nSPS) is 16.2. The lowest BCUT2D eigenvalue weighted by molar-refractivity contribution is -0.147. The van der Waals surface area contributed by atoms with Crippen LogP contribution in [-0.2, 0) is 16.2 Å². The largest absolute Gasteiger partial charge is 0.469 e. The van der Waals surface area contributed by atoms with E-state index in [4.69, 9.17) is 21.4 Å². The number of hydrogen-bond donors (Lipinski definition) is 0. The third kappa shape index (κ3) is 3.93. The Morgan fingerprint density at radius 3 is 2.67 bits per heavy atom. The van der Waals surface area contributed by atoms with E-state index in [1.807, 2.05) is 24.3 Å². The molecule has 0 N–H and O–H groups in total. The van der Waals surface area contributed by atoms with Crippen molar-refractivity contribution in [3.05, 3.63) is 33.6 Å². The number of aromatic nitrogens is 2. The molecule has 0 saturated carbocycles. The first kappa shape index (κ1) is 17.3. The van der Waals surface area contributed by atoms with E-state index >= 15 is 0 Å². The number of carbonyl (C=O) groups excluding carboxylic acids is 1. The summed E-state index contributed by atoms with van der Waals surface area (Å²) in [6, 6.07) is 7.72. The van der Waals surface area contributed by atoms with Crippen molar-refractivity contribution in [2.75, 3.05) is 20.2 Å². The van der Waals surface area contributed by atoms with Gasteiger partial charge in [0.1, 0.15) is 0 Å². The van der Waals surface area contributed by atoms with Gasteiger partial charge < -0.3 is 9.15 Å². The minimum absolute atomic E-state index is 0.00476. The molecule has 1 aliphatic heterocycles. The Kier molecular flexibility index (Phi) is 5.47. The summed E-state index contributed by atoms with van der Waals surface area (Å²) in [5.74, 6) is 0.386. The van der Waals surface area contributed by atoms with Gasteiger partial charge >= 0.3 is 5.97 Å². The topological polar surface area (TPSA) is 60.5 Å². The number of hydrogen-bond acceptors (Lipinski definition) is 6. The lowest BCUT2D eigenvalue weighted by Gasteiger charge is -2.29. The zero-order valence-corrected chi connectivity index (χ0v) is 15.7. The lowest BCUT2D eigenvalue weighted by atomic mass is 9.97. The molecular weight excluding hydrogens is 394 g/mol. The van der Waals surface area contributed by atoms with Gasteiger partial charge in [0.05, 0.1) is 19.7 Å². The number of esters is 1. The molecule has 24 heavy (non-hydrogen) atoms. The summed E-state index contributed by atoms with van der Waals surface area (Å²) in [5, 5.41) is 4.47. The van der Waals surface area contributed by atoms with Crippen molar-refractivity contribution in [2.24, 2.45) is 5.92 Å². The molecule has 1 aromatic carbocycles. The molecule has 1 aliphatic rings. The number of halogens is 1. The molecular formula is C16H18BrN3O3S. The summed E-state index contributed by atoms with van der Waals surface area (Å²) >= 11 is 8.68. The predicted octanol–water partition coefficient (Wildman–Crippen LogP) is 3.48. The van der Waals surface area contributed by atoms with Gasteiger partial charge in [0, 0.05) is 23.1 Å². The summed E-state index contributed by atoms with van der Waals surface area (Å²) in [6.45, 7) is 2.18. The fourth-order valence-electron chi connectivity index (χ4n) is 2.77. The Morgan fingerprint density at radius 2 is 2.04 bits per heavy atom. The monoisotopic (exact) mass is 411 g/mol. The molecule has 0 spiro atoms. The van der Waals surface area contributed by atoms with E-state index in [0.29, 0.717) is 17.4 Å². The van der Waals surface area contributed by atoms with Crippen molar-refractivity contribution in [3.8, 4) is 11.5 Å². The minimum atomic E-state index is -0.120. The summed E-state index contributed by atoms with van der Waals surface area (Å²) < 4.78 is 13.1. The number of carbonyl (C=O) groups is 1. The van der Waals surface area contributed by atoms with Crippen LogP contribution in [-0.4, -0.2) is 40.8 Å². The van der Waals surface area contributed by atoms with Crippen LogP contribution in [0, 0.1) is 10.8 Å². The molecule has 8 heteroatoms. The first-order valence-electron chi connectivity index (χ1n) is 7.71. The van der Waals surface area contributed by atoms with Crippen LogP contribution in [0.25, 0.3) is 11.5 Å². The molecule has 1 fully saturated rings. The molecule has 2 aromatic rings. The van der Waals surface area contributed by atoms with Gasteiger partial charge in [-0.15, -0.1) is 5.10 Å². The molecule has 3 rings (SSSR count). The van der Waals surface area contributed by atoms with E-state index < -0.39 is 0 Å². The van der Waals surface area contributed by atoms with Gasteiger partial charge in [-0.1, -0.05) is 15.9 Å². The Labute approximate surface area is 153 Å².